The predicted octanol–water partition coefficient (Wildman–Crippen LogP) is -0.122. The van der Waals surface area contributed by atoms with Gasteiger partial charge in [-0.05, 0) is 23.8 Å². The van der Waals surface area contributed by atoms with Crippen molar-refractivity contribution in [1.29, 1.82) is 0 Å². The Bertz CT molecular complexity index is 1060. The zero-order valence-corrected chi connectivity index (χ0v) is 18.4. The van der Waals surface area contributed by atoms with Gasteiger partial charge < -0.3 is 24.8 Å². The van der Waals surface area contributed by atoms with Crippen molar-refractivity contribution < 1.29 is 32.2 Å². The van der Waals surface area contributed by atoms with Gasteiger partial charge in [-0.15, -0.1) is 0 Å². The Morgan fingerprint density at radius 3 is 2.59 bits per heavy atom. The van der Waals surface area contributed by atoms with E-state index >= 15 is 0 Å². The molecule has 0 aliphatic carbocycles. The van der Waals surface area contributed by atoms with E-state index in [0.717, 1.165) is 9.87 Å². The van der Waals surface area contributed by atoms with Crippen LogP contribution in [0.2, 0.25) is 0 Å². The monoisotopic (exact) mass is 464 g/mol. The molecule has 2 heterocycles. The minimum absolute atomic E-state index is 0.00816. The second kappa shape index (κ2) is 10.4. The Balaban J connectivity index is 1.61. The molecule has 0 unspecified atom stereocenters. The first kappa shape index (κ1) is 23.4. The van der Waals surface area contributed by atoms with Crippen molar-refractivity contribution >= 4 is 21.8 Å². The lowest BCUT2D eigenvalue weighted by atomic mass is 10.3. The van der Waals surface area contributed by atoms with E-state index < -0.39 is 28.1 Å². The fourth-order valence-electron chi connectivity index (χ4n) is 3.08. The smallest absolute Gasteiger partial charge is 0.309 e. The van der Waals surface area contributed by atoms with Crippen LogP contribution in [0, 0.1) is 0 Å². The molecule has 0 bridgehead atoms. The molecule has 1 aromatic heterocycles. The van der Waals surface area contributed by atoms with Crippen molar-refractivity contribution in [2.24, 2.45) is 0 Å². The summed E-state index contributed by atoms with van der Waals surface area (Å²) in [5.41, 5.74) is 0.736. The number of hydrogen-bond acceptors (Lipinski definition) is 8. The fourth-order valence-corrected chi connectivity index (χ4v) is 4.61. The van der Waals surface area contributed by atoms with E-state index in [9.17, 15) is 18.0 Å². The van der Waals surface area contributed by atoms with Gasteiger partial charge in [0.1, 0.15) is 6.23 Å². The summed E-state index contributed by atoms with van der Waals surface area (Å²) in [7, 11) is -1.09. The summed E-state index contributed by atoms with van der Waals surface area (Å²) in [4.78, 5) is 28.0. The number of rotatable bonds is 8. The van der Waals surface area contributed by atoms with E-state index in [2.05, 4.69) is 15.6 Å². The number of nitrogens with zero attached hydrogens (tertiary/aromatic N) is 2. The number of aromatic nitrogens is 1. The van der Waals surface area contributed by atoms with Crippen molar-refractivity contribution in [3.8, 4) is 11.5 Å². The van der Waals surface area contributed by atoms with Crippen LogP contribution in [0.3, 0.4) is 0 Å². The van der Waals surface area contributed by atoms with Crippen LogP contribution >= 0.6 is 0 Å². The van der Waals surface area contributed by atoms with Crippen LogP contribution in [-0.2, 0) is 30.9 Å². The first-order valence-corrected chi connectivity index (χ1v) is 11.1. The molecule has 1 aliphatic heterocycles. The molecule has 2 aromatic rings. The normalized spacial score (nSPS) is 16.4. The molecule has 1 aromatic carbocycles. The largest absolute Gasteiger partial charge is 0.493 e. The summed E-state index contributed by atoms with van der Waals surface area (Å²) in [6.45, 7) is 0.205. The number of pyridine rings is 1. The Hall–Kier alpha value is -3.22. The molecule has 2 amide bonds. The third-order valence-corrected chi connectivity index (χ3v) is 6.61. The van der Waals surface area contributed by atoms with Crippen LogP contribution < -0.4 is 20.1 Å². The van der Waals surface area contributed by atoms with Gasteiger partial charge in [-0.2, -0.15) is 4.31 Å². The molecule has 172 valence electrons. The third-order valence-electron chi connectivity index (χ3n) is 4.72. The third kappa shape index (κ3) is 5.33. The summed E-state index contributed by atoms with van der Waals surface area (Å²) in [6.07, 6.45) is 2.21. The maximum absolute atomic E-state index is 13.1. The molecule has 1 atom stereocenters. The Labute approximate surface area is 185 Å². The molecule has 1 saturated heterocycles. The summed E-state index contributed by atoms with van der Waals surface area (Å²) in [5.74, 6) is -1.08. The minimum atomic E-state index is -3.95. The van der Waals surface area contributed by atoms with Gasteiger partial charge in [-0.3, -0.25) is 14.6 Å². The fraction of sp³-hybridized carbons (Fsp3) is 0.350. The van der Waals surface area contributed by atoms with Crippen LogP contribution in [0.4, 0.5) is 0 Å². The average Bonchev–Trinajstić information content (AvgIpc) is 3.30. The number of ether oxygens (including phenoxy) is 3. The van der Waals surface area contributed by atoms with Gasteiger partial charge in [0.15, 0.2) is 11.5 Å². The standard InChI is InChI=1S/C20H24N4O7S/c1-29-16-6-5-15(10-17(16)30-2)32(27,28)24-8-9-31-18(24)13-23-20(26)19(25)22-12-14-4-3-7-21-11-14/h3-7,10-11,18H,8-9,12-13H2,1-2H3,(H,22,25)(H,23,26)/t18-/m1/s1. The number of methoxy groups -OCH3 is 2. The summed E-state index contributed by atoms with van der Waals surface area (Å²) in [6, 6.07) is 7.72. The first-order chi connectivity index (χ1) is 15.4. The lowest BCUT2D eigenvalue weighted by Gasteiger charge is -2.23. The van der Waals surface area contributed by atoms with Crippen LogP contribution in [0.25, 0.3) is 0 Å². The molecule has 12 heteroatoms. The molecule has 1 fully saturated rings. The van der Waals surface area contributed by atoms with E-state index in [1.807, 2.05) is 0 Å². The van der Waals surface area contributed by atoms with Crippen LogP contribution in [0.5, 0.6) is 11.5 Å². The van der Waals surface area contributed by atoms with Crippen molar-refractivity contribution in [2.45, 2.75) is 17.7 Å². The Kier molecular flexibility index (Phi) is 7.62. The van der Waals surface area contributed by atoms with E-state index in [1.54, 1.807) is 24.5 Å². The summed E-state index contributed by atoms with van der Waals surface area (Å²) in [5, 5.41) is 4.89. The number of amides is 2. The highest BCUT2D eigenvalue weighted by molar-refractivity contribution is 7.89. The van der Waals surface area contributed by atoms with Crippen LogP contribution in [-0.4, -0.2) is 69.7 Å². The zero-order chi connectivity index (χ0) is 23.1. The molecular weight excluding hydrogens is 440 g/mol. The number of hydrogen-bond donors (Lipinski definition) is 2. The van der Waals surface area contributed by atoms with Gasteiger partial charge in [0.2, 0.25) is 10.0 Å². The second-order valence-corrected chi connectivity index (χ2v) is 8.60. The van der Waals surface area contributed by atoms with Crippen molar-refractivity contribution in [3.63, 3.8) is 0 Å². The van der Waals surface area contributed by atoms with E-state index in [4.69, 9.17) is 14.2 Å². The molecule has 3 rings (SSSR count). The first-order valence-electron chi connectivity index (χ1n) is 9.67. The average molecular weight is 465 g/mol. The Morgan fingerprint density at radius 1 is 1.16 bits per heavy atom. The Morgan fingerprint density at radius 2 is 1.91 bits per heavy atom. The number of nitrogens with one attached hydrogen (secondary N) is 2. The van der Waals surface area contributed by atoms with Crippen molar-refractivity contribution in [2.75, 3.05) is 33.9 Å². The minimum Gasteiger partial charge on any atom is -0.493 e. The second-order valence-electron chi connectivity index (χ2n) is 6.71. The molecule has 2 N–H and O–H groups in total. The van der Waals surface area contributed by atoms with Gasteiger partial charge in [0.25, 0.3) is 0 Å². The van der Waals surface area contributed by atoms with E-state index in [-0.39, 0.29) is 36.9 Å². The maximum Gasteiger partial charge on any atom is 0.309 e. The maximum atomic E-state index is 13.1. The zero-order valence-electron chi connectivity index (χ0n) is 17.6. The van der Waals surface area contributed by atoms with Crippen LogP contribution in [0.1, 0.15) is 5.56 Å². The number of benzene rings is 1. The molecule has 0 spiro atoms. The molecule has 11 nitrogen and oxygen atoms in total. The van der Waals surface area contributed by atoms with Gasteiger partial charge >= 0.3 is 11.8 Å². The van der Waals surface area contributed by atoms with E-state index in [1.165, 1.54) is 32.4 Å². The van der Waals surface area contributed by atoms with Gasteiger partial charge in [0, 0.05) is 31.5 Å². The predicted molar refractivity (Wildman–Crippen MR) is 112 cm³/mol. The van der Waals surface area contributed by atoms with Gasteiger partial charge in [-0.25, -0.2) is 8.42 Å². The molecule has 0 saturated carbocycles. The van der Waals surface area contributed by atoms with E-state index in [0.29, 0.717) is 5.75 Å². The summed E-state index contributed by atoms with van der Waals surface area (Å²) >= 11 is 0. The number of sulfonamides is 1. The molecule has 32 heavy (non-hydrogen) atoms. The number of carbonyl (C=O) groups is 2. The van der Waals surface area contributed by atoms with Crippen molar-refractivity contribution in [3.05, 3.63) is 48.3 Å². The lowest BCUT2D eigenvalue weighted by molar-refractivity contribution is -0.139. The molecule has 0 radical (unpaired) electrons. The highest BCUT2D eigenvalue weighted by Gasteiger charge is 2.37. The highest BCUT2D eigenvalue weighted by atomic mass is 32.2. The molecular formula is C20H24N4O7S. The van der Waals surface area contributed by atoms with Gasteiger partial charge in [-0.1, -0.05) is 6.07 Å². The van der Waals surface area contributed by atoms with Crippen LogP contribution in [0.15, 0.2) is 47.6 Å². The number of carbonyl (C=O) groups excluding carboxylic acids is 2. The highest BCUT2D eigenvalue weighted by Crippen LogP contribution is 2.31. The van der Waals surface area contributed by atoms with Gasteiger partial charge in [0.05, 0.1) is 32.3 Å². The SMILES string of the molecule is COc1ccc(S(=O)(=O)N2CCO[C@@H]2CNC(=O)C(=O)NCc2cccnc2)cc1OC. The lowest BCUT2D eigenvalue weighted by Crippen LogP contribution is -2.47. The topological polar surface area (TPSA) is 136 Å². The quantitative estimate of drug-likeness (QED) is 0.516. The van der Waals surface area contributed by atoms with Crippen molar-refractivity contribution in [1.82, 2.24) is 19.9 Å². The molecule has 1 aliphatic rings. The summed E-state index contributed by atoms with van der Waals surface area (Å²) < 4.78 is 43.1.